The lowest BCUT2D eigenvalue weighted by atomic mass is 10.2. The molecule has 0 aliphatic heterocycles. The molecule has 1 heterocycles. The molecule has 0 saturated heterocycles. The maximum absolute atomic E-state index is 13.5. The molecule has 2 amide bonds. The molecule has 0 fully saturated rings. The number of carbonyl (C=O) groups excluding carboxylic acids is 2. The van der Waals surface area contributed by atoms with Gasteiger partial charge in [0.2, 0.25) is 0 Å². The van der Waals surface area contributed by atoms with Gasteiger partial charge in [-0.2, -0.15) is 18.3 Å². The van der Waals surface area contributed by atoms with Crippen LogP contribution in [-0.4, -0.2) is 41.5 Å². The molecule has 0 spiro atoms. The van der Waals surface area contributed by atoms with Gasteiger partial charge in [-0.25, -0.2) is 9.48 Å². The first-order chi connectivity index (χ1) is 12.7. The smallest absolute Gasteiger partial charge is 0.434 e. The number of halogens is 4. The third-order valence-electron chi connectivity index (χ3n) is 3.31. The van der Waals surface area contributed by atoms with Crippen molar-refractivity contribution in [1.82, 2.24) is 20.4 Å². The van der Waals surface area contributed by atoms with Gasteiger partial charge in [0.25, 0.3) is 5.91 Å². The second-order valence-corrected chi connectivity index (χ2v) is 5.63. The van der Waals surface area contributed by atoms with Crippen molar-refractivity contribution < 1.29 is 27.5 Å². The minimum absolute atomic E-state index is 0.00273. The van der Waals surface area contributed by atoms with Gasteiger partial charge in [0.15, 0.2) is 5.69 Å². The topological polar surface area (TPSA) is 85.2 Å². The fourth-order valence-corrected chi connectivity index (χ4v) is 2.31. The minimum atomic E-state index is -4.81. The molecule has 11 heteroatoms. The lowest BCUT2D eigenvalue weighted by Crippen LogP contribution is -2.35. The number of hydrogen-bond donors (Lipinski definition) is 2. The zero-order valence-corrected chi connectivity index (χ0v) is 14.9. The van der Waals surface area contributed by atoms with Crippen LogP contribution in [0.15, 0.2) is 30.5 Å². The number of alkyl carbamates (subject to hydrolysis) is 1. The number of aromatic nitrogens is 2. The first kappa shape index (κ1) is 20.6. The number of hydrogen-bond acceptors (Lipinski definition) is 4. The summed E-state index contributed by atoms with van der Waals surface area (Å²) in [5, 5.41) is 8.68. The van der Waals surface area contributed by atoms with Gasteiger partial charge in [-0.1, -0.05) is 11.6 Å². The van der Waals surface area contributed by atoms with Crippen LogP contribution in [0.4, 0.5) is 18.0 Å². The molecule has 27 heavy (non-hydrogen) atoms. The van der Waals surface area contributed by atoms with E-state index in [2.05, 4.69) is 20.5 Å². The lowest BCUT2D eigenvalue weighted by Gasteiger charge is -2.13. The van der Waals surface area contributed by atoms with Gasteiger partial charge in [-0.15, -0.1) is 0 Å². The summed E-state index contributed by atoms with van der Waals surface area (Å²) in [5.74, 6) is -0.965. The van der Waals surface area contributed by atoms with E-state index < -0.39 is 29.4 Å². The summed E-state index contributed by atoms with van der Waals surface area (Å²) < 4.78 is 45.8. The van der Waals surface area contributed by atoms with Crippen LogP contribution in [0, 0.1) is 0 Å². The molecule has 0 saturated carbocycles. The third kappa shape index (κ3) is 5.36. The molecule has 0 bridgehead atoms. The van der Waals surface area contributed by atoms with Crippen LogP contribution in [0.1, 0.15) is 23.0 Å². The van der Waals surface area contributed by atoms with Gasteiger partial charge in [0.1, 0.15) is 0 Å². The number of benzene rings is 1. The van der Waals surface area contributed by atoms with E-state index in [0.717, 1.165) is 6.20 Å². The fraction of sp³-hybridized carbons (Fsp3) is 0.312. The zero-order valence-electron chi connectivity index (χ0n) is 14.1. The van der Waals surface area contributed by atoms with Crippen molar-refractivity contribution >= 4 is 23.6 Å². The summed E-state index contributed by atoms with van der Waals surface area (Å²) in [6, 6.07) is 5.55. The molecule has 0 unspecified atom stereocenters. The first-order valence-corrected chi connectivity index (χ1v) is 8.21. The molecular formula is C16H16ClF3N4O3. The van der Waals surface area contributed by atoms with Crippen LogP contribution in [0.2, 0.25) is 5.02 Å². The summed E-state index contributed by atoms with van der Waals surface area (Å²) in [6.45, 7) is 1.72. The SMILES string of the molecule is CCOC(=O)NCCNC(=O)c1cnn(-c2ccc(Cl)cc2)c1C(F)(F)F. The van der Waals surface area contributed by atoms with Crippen LogP contribution in [0.5, 0.6) is 0 Å². The van der Waals surface area contributed by atoms with Gasteiger partial charge in [0, 0.05) is 18.1 Å². The van der Waals surface area contributed by atoms with Crippen molar-refractivity contribution in [2.45, 2.75) is 13.1 Å². The van der Waals surface area contributed by atoms with E-state index >= 15 is 0 Å². The monoisotopic (exact) mass is 404 g/mol. The Morgan fingerprint density at radius 2 is 1.81 bits per heavy atom. The summed E-state index contributed by atoms with van der Waals surface area (Å²) in [5.41, 5.74) is -1.73. The molecule has 146 valence electrons. The minimum Gasteiger partial charge on any atom is -0.450 e. The van der Waals surface area contributed by atoms with E-state index in [9.17, 15) is 22.8 Å². The number of amides is 2. The number of ether oxygens (including phenoxy) is 1. The Bertz CT molecular complexity index is 806. The highest BCUT2D eigenvalue weighted by atomic mass is 35.5. The van der Waals surface area contributed by atoms with E-state index in [1.54, 1.807) is 6.92 Å². The molecule has 2 N–H and O–H groups in total. The van der Waals surface area contributed by atoms with Crippen LogP contribution >= 0.6 is 11.6 Å². The Hall–Kier alpha value is -2.75. The molecule has 0 radical (unpaired) electrons. The van der Waals surface area contributed by atoms with E-state index in [-0.39, 0.29) is 25.4 Å². The Balaban J connectivity index is 2.15. The standard InChI is InChI=1S/C16H16ClF3N4O3/c1-2-27-15(26)22-8-7-21-14(25)12-9-23-24(13(12)16(18,19)20)11-5-3-10(17)4-6-11/h3-6,9H,2,7-8H2,1H3,(H,21,25)(H,22,26). The predicted octanol–water partition coefficient (Wildman–Crippen LogP) is 3.02. The maximum atomic E-state index is 13.5. The van der Waals surface area contributed by atoms with E-state index in [1.807, 2.05) is 0 Å². The zero-order chi connectivity index (χ0) is 20.0. The van der Waals surface area contributed by atoms with Gasteiger partial charge in [-0.3, -0.25) is 4.79 Å². The van der Waals surface area contributed by atoms with Crippen LogP contribution in [-0.2, 0) is 10.9 Å². The molecule has 0 atom stereocenters. The molecule has 1 aromatic heterocycles. The highest BCUT2D eigenvalue weighted by Crippen LogP contribution is 2.33. The Morgan fingerprint density at radius 3 is 2.41 bits per heavy atom. The van der Waals surface area contributed by atoms with Crippen molar-refractivity contribution in [3.05, 3.63) is 46.7 Å². The average Bonchev–Trinajstić information content (AvgIpc) is 3.05. The largest absolute Gasteiger partial charge is 0.450 e. The molecule has 7 nitrogen and oxygen atoms in total. The lowest BCUT2D eigenvalue weighted by molar-refractivity contribution is -0.143. The molecule has 2 aromatic rings. The normalized spacial score (nSPS) is 11.1. The van der Waals surface area contributed by atoms with E-state index in [1.165, 1.54) is 24.3 Å². The molecular weight excluding hydrogens is 389 g/mol. The van der Waals surface area contributed by atoms with Gasteiger partial charge in [-0.05, 0) is 31.2 Å². The average molecular weight is 405 g/mol. The van der Waals surface area contributed by atoms with Crippen LogP contribution < -0.4 is 10.6 Å². The Labute approximate surface area is 157 Å². The quantitative estimate of drug-likeness (QED) is 0.725. The second-order valence-electron chi connectivity index (χ2n) is 5.20. The highest BCUT2D eigenvalue weighted by molar-refractivity contribution is 6.30. The van der Waals surface area contributed by atoms with Gasteiger partial charge < -0.3 is 15.4 Å². The van der Waals surface area contributed by atoms with Crippen LogP contribution in [0.25, 0.3) is 5.69 Å². The van der Waals surface area contributed by atoms with Crippen molar-refractivity contribution in [2.24, 2.45) is 0 Å². The number of nitrogens with zero attached hydrogens (tertiary/aromatic N) is 2. The fourth-order valence-electron chi connectivity index (χ4n) is 2.18. The Kier molecular flexibility index (Phi) is 6.67. The second kappa shape index (κ2) is 8.76. The summed E-state index contributed by atoms with van der Waals surface area (Å²) in [4.78, 5) is 23.3. The van der Waals surface area contributed by atoms with E-state index in [4.69, 9.17) is 11.6 Å². The number of rotatable bonds is 6. The predicted molar refractivity (Wildman–Crippen MR) is 90.9 cm³/mol. The summed E-state index contributed by atoms with van der Waals surface area (Å²) in [7, 11) is 0. The van der Waals surface area contributed by atoms with Gasteiger partial charge >= 0.3 is 12.3 Å². The van der Waals surface area contributed by atoms with E-state index in [0.29, 0.717) is 9.70 Å². The molecule has 0 aliphatic rings. The van der Waals surface area contributed by atoms with Gasteiger partial charge in [0.05, 0.1) is 24.1 Å². The Morgan fingerprint density at radius 1 is 1.19 bits per heavy atom. The van der Waals surface area contributed by atoms with Crippen molar-refractivity contribution in [3.63, 3.8) is 0 Å². The summed E-state index contributed by atoms with van der Waals surface area (Å²) in [6.07, 6.45) is -4.66. The highest BCUT2D eigenvalue weighted by Gasteiger charge is 2.40. The molecule has 2 rings (SSSR count). The maximum Gasteiger partial charge on any atom is 0.434 e. The third-order valence-corrected chi connectivity index (χ3v) is 3.56. The van der Waals surface area contributed by atoms with Crippen molar-refractivity contribution in [3.8, 4) is 5.69 Å². The van der Waals surface area contributed by atoms with Crippen molar-refractivity contribution in [1.29, 1.82) is 0 Å². The number of nitrogens with one attached hydrogen (secondary N) is 2. The summed E-state index contributed by atoms with van der Waals surface area (Å²) >= 11 is 5.74. The first-order valence-electron chi connectivity index (χ1n) is 7.84. The van der Waals surface area contributed by atoms with Crippen LogP contribution in [0.3, 0.4) is 0 Å². The number of carbonyl (C=O) groups is 2. The van der Waals surface area contributed by atoms with Crippen molar-refractivity contribution in [2.75, 3.05) is 19.7 Å². The molecule has 1 aromatic carbocycles. The molecule has 0 aliphatic carbocycles. The number of alkyl halides is 3.